The summed E-state index contributed by atoms with van der Waals surface area (Å²) in [5, 5.41) is 27.6. The Balaban J connectivity index is 1.01. The fraction of sp³-hybridized carbons (Fsp3) is 0.500. The Labute approximate surface area is 258 Å². The average Bonchev–Trinajstić information content (AvgIpc) is 3.29. The van der Waals surface area contributed by atoms with E-state index in [9.17, 15) is 9.90 Å². The largest absolute Gasteiger partial charge is 0.507 e. The van der Waals surface area contributed by atoms with Crippen LogP contribution in [-0.2, 0) is 4.79 Å². The molecule has 0 aliphatic carbocycles. The maximum atomic E-state index is 10.7. The number of phenols is 1. The van der Waals surface area contributed by atoms with Gasteiger partial charge in [-0.15, -0.1) is 10.2 Å². The van der Waals surface area contributed by atoms with Gasteiger partial charge >= 0.3 is 5.97 Å². The molecule has 0 saturated carbocycles. The van der Waals surface area contributed by atoms with Crippen molar-refractivity contribution in [2.24, 2.45) is 0 Å². The first-order chi connectivity index (χ1) is 21.4. The fourth-order valence-corrected chi connectivity index (χ4v) is 6.75. The van der Waals surface area contributed by atoms with E-state index in [1.807, 2.05) is 24.4 Å². The SMILES string of the molecule is Nc1nnc(-c2ccccc2O)cc1N1CC2CCC(C1)N2c1ccnc(OCCN2CCN(CCCCC(=O)O)CC2)c1. The Hall–Kier alpha value is -4.16. The van der Waals surface area contributed by atoms with E-state index in [2.05, 4.69) is 46.9 Å². The van der Waals surface area contributed by atoms with Crippen LogP contribution in [-0.4, -0.2) is 112 Å². The number of aromatic hydroxyl groups is 1. The van der Waals surface area contributed by atoms with E-state index in [1.165, 1.54) is 0 Å². The minimum atomic E-state index is -0.713. The molecule has 3 aliphatic rings. The highest BCUT2D eigenvalue weighted by Gasteiger charge is 2.41. The first kappa shape index (κ1) is 29.9. The highest BCUT2D eigenvalue weighted by atomic mass is 16.5. The molecule has 4 N–H and O–H groups in total. The number of hydrogen-bond donors (Lipinski definition) is 3. The number of unbranched alkanes of at least 4 members (excludes halogenated alkanes) is 1. The standard InChI is InChI=1S/C32H42N8O4/c33-32-28(20-27(35-36-32)26-5-1-2-6-29(26)41)39-21-24-8-9-25(22-39)40(24)23-10-11-34-30(19-23)44-18-17-38-15-13-37(14-16-38)12-4-3-7-31(42)43/h1-2,5-6,10-11,19-20,24-25,41H,3-4,7-9,12-18,21-22H2,(H2,33,36)(H,42,43). The number of nitrogens with two attached hydrogens (primary N) is 1. The molecule has 3 saturated heterocycles. The Morgan fingerprint density at radius 2 is 1.68 bits per heavy atom. The molecule has 44 heavy (non-hydrogen) atoms. The van der Waals surface area contributed by atoms with Gasteiger partial charge in [0.2, 0.25) is 5.88 Å². The summed E-state index contributed by atoms with van der Waals surface area (Å²) in [7, 11) is 0. The lowest BCUT2D eigenvalue weighted by Gasteiger charge is -2.43. The van der Waals surface area contributed by atoms with Crippen molar-refractivity contribution in [3.8, 4) is 22.9 Å². The van der Waals surface area contributed by atoms with Crippen LogP contribution < -0.4 is 20.3 Å². The number of pyridine rings is 1. The van der Waals surface area contributed by atoms with Crippen LogP contribution in [0.5, 0.6) is 11.6 Å². The molecule has 6 rings (SSSR count). The van der Waals surface area contributed by atoms with Crippen molar-refractivity contribution in [1.29, 1.82) is 0 Å². The van der Waals surface area contributed by atoms with Crippen molar-refractivity contribution in [3.05, 3.63) is 48.7 Å². The third-order valence-corrected chi connectivity index (χ3v) is 9.06. The first-order valence-corrected chi connectivity index (χ1v) is 15.6. The highest BCUT2D eigenvalue weighted by Crippen LogP contribution is 2.39. The molecule has 234 valence electrons. The smallest absolute Gasteiger partial charge is 0.303 e. The van der Waals surface area contributed by atoms with Crippen molar-refractivity contribution < 1.29 is 19.7 Å². The number of rotatable bonds is 12. The normalized spacial score (nSPS) is 20.6. The maximum absolute atomic E-state index is 10.7. The summed E-state index contributed by atoms with van der Waals surface area (Å²) < 4.78 is 6.12. The van der Waals surface area contributed by atoms with E-state index in [4.69, 9.17) is 15.6 Å². The number of aliphatic carboxylic acids is 1. The van der Waals surface area contributed by atoms with Gasteiger partial charge in [0, 0.05) is 87.8 Å². The predicted molar refractivity (Wildman–Crippen MR) is 169 cm³/mol. The number of piperazine rings is 2. The van der Waals surface area contributed by atoms with Gasteiger partial charge in [-0.1, -0.05) is 12.1 Å². The number of fused-ring (bicyclic) bond motifs is 2. The lowest BCUT2D eigenvalue weighted by molar-refractivity contribution is -0.137. The van der Waals surface area contributed by atoms with Crippen molar-refractivity contribution in [1.82, 2.24) is 25.0 Å². The van der Waals surface area contributed by atoms with E-state index < -0.39 is 5.97 Å². The quantitative estimate of drug-likeness (QED) is 0.262. The van der Waals surface area contributed by atoms with Crippen molar-refractivity contribution in [2.45, 2.75) is 44.2 Å². The Kier molecular flexibility index (Phi) is 9.27. The molecule has 0 spiro atoms. The number of phenolic OH excluding ortho intramolecular Hbond substituents is 1. The summed E-state index contributed by atoms with van der Waals surface area (Å²) in [5.41, 5.74) is 9.55. The van der Waals surface area contributed by atoms with Gasteiger partial charge in [0.15, 0.2) is 5.82 Å². The average molecular weight is 603 g/mol. The lowest BCUT2D eigenvalue weighted by Crippen LogP contribution is -2.54. The summed E-state index contributed by atoms with van der Waals surface area (Å²) >= 11 is 0. The topological polar surface area (TPSA) is 144 Å². The molecule has 12 nitrogen and oxygen atoms in total. The van der Waals surface area contributed by atoms with Gasteiger partial charge in [-0.2, -0.15) is 0 Å². The zero-order chi connectivity index (χ0) is 30.5. The van der Waals surface area contributed by atoms with E-state index >= 15 is 0 Å². The van der Waals surface area contributed by atoms with Gasteiger partial charge < -0.3 is 35.4 Å². The molecular weight excluding hydrogens is 560 g/mol. The first-order valence-electron chi connectivity index (χ1n) is 15.6. The van der Waals surface area contributed by atoms with E-state index in [0.29, 0.717) is 41.6 Å². The van der Waals surface area contributed by atoms with Crippen LogP contribution in [0.2, 0.25) is 0 Å². The predicted octanol–water partition coefficient (Wildman–Crippen LogP) is 2.94. The van der Waals surface area contributed by atoms with Crippen molar-refractivity contribution in [2.75, 3.05) is 74.5 Å². The third-order valence-electron chi connectivity index (χ3n) is 9.06. The molecule has 2 aromatic heterocycles. The number of nitrogens with zero attached hydrogens (tertiary/aromatic N) is 7. The molecule has 12 heteroatoms. The van der Waals surface area contributed by atoms with Gasteiger partial charge in [-0.3, -0.25) is 9.69 Å². The molecule has 3 aliphatic heterocycles. The summed E-state index contributed by atoms with van der Waals surface area (Å²) in [6, 6.07) is 13.9. The molecular formula is C32H42N8O4. The molecule has 3 fully saturated rings. The monoisotopic (exact) mass is 602 g/mol. The molecule has 2 atom stereocenters. The minimum absolute atomic E-state index is 0.169. The molecule has 0 radical (unpaired) electrons. The summed E-state index contributed by atoms with van der Waals surface area (Å²) in [4.78, 5) is 24.8. The van der Waals surface area contributed by atoms with Crippen LogP contribution in [0.15, 0.2) is 48.7 Å². The van der Waals surface area contributed by atoms with E-state index in [1.54, 1.807) is 12.1 Å². The van der Waals surface area contributed by atoms with Crippen LogP contribution in [0.3, 0.4) is 0 Å². The number of para-hydroxylation sites is 1. The van der Waals surface area contributed by atoms with Gasteiger partial charge in [0.1, 0.15) is 12.4 Å². The number of carboxylic acids is 1. The molecule has 2 bridgehead atoms. The number of aromatic nitrogens is 3. The minimum Gasteiger partial charge on any atom is -0.507 e. The van der Waals surface area contributed by atoms with Gasteiger partial charge in [-0.05, 0) is 56.5 Å². The number of hydrogen-bond acceptors (Lipinski definition) is 11. The molecule has 1 aromatic carbocycles. The Morgan fingerprint density at radius 3 is 2.41 bits per heavy atom. The second-order valence-corrected chi connectivity index (χ2v) is 11.9. The lowest BCUT2D eigenvalue weighted by atomic mass is 10.1. The van der Waals surface area contributed by atoms with Crippen molar-refractivity contribution >= 4 is 23.2 Å². The number of carboxylic acid groups (broad SMARTS) is 1. The van der Waals surface area contributed by atoms with Crippen LogP contribution in [0, 0.1) is 0 Å². The summed E-state index contributed by atoms with van der Waals surface area (Å²) in [6.07, 6.45) is 5.95. The third kappa shape index (κ3) is 6.97. The van der Waals surface area contributed by atoms with Crippen LogP contribution >= 0.6 is 0 Å². The van der Waals surface area contributed by atoms with Crippen LogP contribution in [0.4, 0.5) is 17.2 Å². The molecule has 0 amide bonds. The highest BCUT2D eigenvalue weighted by molar-refractivity contribution is 5.74. The van der Waals surface area contributed by atoms with Gasteiger partial charge in [0.25, 0.3) is 0 Å². The second kappa shape index (κ2) is 13.6. The summed E-state index contributed by atoms with van der Waals surface area (Å²) in [6.45, 7) is 8.05. The number of carbonyl (C=O) groups is 1. The Bertz CT molecular complexity index is 1420. The number of anilines is 3. The molecule has 2 unspecified atom stereocenters. The van der Waals surface area contributed by atoms with Crippen LogP contribution in [0.1, 0.15) is 32.1 Å². The van der Waals surface area contributed by atoms with Gasteiger partial charge in [-0.25, -0.2) is 4.98 Å². The van der Waals surface area contributed by atoms with Gasteiger partial charge in [0.05, 0.1) is 11.4 Å². The second-order valence-electron chi connectivity index (χ2n) is 11.9. The summed E-state index contributed by atoms with van der Waals surface area (Å²) in [5.74, 6) is 0.502. The fourth-order valence-electron chi connectivity index (χ4n) is 6.75. The Morgan fingerprint density at radius 1 is 0.955 bits per heavy atom. The van der Waals surface area contributed by atoms with E-state index in [0.717, 1.165) is 89.4 Å². The molecule has 3 aromatic rings. The van der Waals surface area contributed by atoms with Crippen molar-refractivity contribution in [3.63, 3.8) is 0 Å². The number of ether oxygens (including phenoxy) is 1. The van der Waals surface area contributed by atoms with E-state index in [-0.39, 0.29) is 12.2 Å². The zero-order valence-corrected chi connectivity index (χ0v) is 25.1. The number of benzene rings is 1. The zero-order valence-electron chi connectivity index (χ0n) is 25.1. The number of nitrogen functional groups attached to an aromatic ring is 1. The van der Waals surface area contributed by atoms with Crippen LogP contribution in [0.25, 0.3) is 11.3 Å². The molecule has 5 heterocycles. The maximum Gasteiger partial charge on any atom is 0.303 e.